The SMILES string of the molecule is CC(C)n1c(=O)sc2cc(S(=O)(=O)N[C@H](C)c3ccc(N4CCCCC4)cc3)ccc21. The number of nitrogens with zero attached hydrogens (tertiary/aromatic N) is 2. The zero-order chi connectivity index (χ0) is 22.2. The maximum absolute atomic E-state index is 13.0. The van der Waals surface area contributed by atoms with Crippen LogP contribution >= 0.6 is 11.3 Å². The van der Waals surface area contributed by atoms with Gasteiger partial charge in [-0.15, -0.1) is 0 Å². The van der Waals surface area contributed by atoms with Crippen LogP contribution in [0.15, 0.2) is 52.2 Å². The van der Waals surface area contributed by atoms with Gasteiger partial charge >= 0.3 is 4.87 Å². The molecule has 31 heavy (non-hydrogen) atoms. The van der Waals surface area contributed by atoms with E-state index in [9.17, 15) is 13.2 Å². The topological polar surface area (TPSA) is 71.4 Å². The van der Waals surface area contributed by atoms with Crippen LogP contribution in [-0.4, -0.2) is 26.1 Å². The van der Waals surface area contributed by atoms with Crippen molar-refractivity contribution in [3.8, 4) is 0 Å². The van der Waals surface area contributed by atoms with Gasteiger partial charge in [-0.05, 0) is 75.9 Å². The minimum absolute atomic E-state index is 0.0229. The molecule has 4 rings (SSSR count). The lowest BCUT2D eigenvalue weighted by molar-refractivity contribution is 0.566. The standard InChI is InChI=1S/C23H29N3O3S2/c1-16(2)26-21-12-11-20(15-22(21)30-23(26)27)31(28,29)24-17(3)18-7-9-19(10-8-18)25-13-5-4-6-14-25/h7-12,15-17,24H,4-6,13-14H2,1-3H3/t17-/m1/s1. The van der Waals surface area contributed by atoms with Crippen LogP contribution in [0.2, 0.25) is 0 Å². The molecule has 1 fully saturated rings. The fourth-order valence-electron chi connectivity index (χ4n) is 4.17. The largest absolute Gasteiger partial charge is 0.372 e. The predicted octanol–water partition coefficient (Wildman–Crippen LogP) is 4.67. The Morgan fingerprint density at radius 3 is 2.29 bits per heavy atom. The second kappa shape index (κ2) is 8.76. The van der Waals surface area contributed by atoms with Crippen molar-refractivity contribution in [1.82, 2.24) is 9.29 Å². The number of thiazole rings is 1. The fraction of sp³-hybridized carbons (Fsp3) is 0.435. The lowest BCUT2D eigenvalue weighted by atomic mass is 10.1. The molecule has 166 valence electrons. The molecule has 1 aromatic heterocycles. The molecule has 1 aliphatic rings. The van der Waals surface area contributed by atoms with E-state index >= 15 is 0 Å². The molecule has 0 unspecified atom stereocenters. The third-order valence-electron chi connectivity index (χ3n) is 5.86. The van der Waals surface area contributed by atoms with Crippen LogP contribution < -0.4 is 14.5 Å². The smallest absolute Gasteiger partial charge is 0.308 e. The Labute approximate surface area is 187 Å². The second-order valence-corrected chi connectivity index (χ2v) is 11.2. The monoisotopic (exact) mass is 459 g/mol. The number of hydrogen-bond acceptors (Lipinski definition) is 5. The number of hydrogen-bond donors (Lipinski definition) is 1. The van der Waals surface area contributed by atoms with Gasteiger partial charge in [-0.3, -0.25) is 9.36 Å². The highest BCUT2D eigenvalue weighted by molar-refractivity contribution is 7.89. The maximum Gasteiger partial charge on any atom is 0.308 e. The highest BCUT2D eigenvalue weighted by Gasteiger charge is 2.21. The van der Waals surface area contributed by atoms with Crippen LogP contribution in [0.5, 0.6) is 0 Å². The van der Waals surface area contributed by atoms with E-state index in [4.69, 9.17) is 0 Å². The summed E-state index contributed by atoms with van der Waals surface area (Å²) in [6, 6.07) is 12.7. The molecule has 0 amide bonds. The molecule has 1 N–H and O–H groups in total. The van der Waals surface area contributed by atoms with E-state index in [0.29, 0.717) is 4.70 Å². The molecule has 0 spiro atoms. The van der Waals surface area contributed by atoms with Crippen LogP contribution in [0.3, 0.4) is 0 Å². The number of nitrogens with one attached hydrogen (secondary N) is 1. The number of sulfonamides is 1. The van der Waals surface area contributed by atoms with Crippen molar-refractivity contribution in [3.05, 3.63) is 57.7 Å². The molecular formula is C23H29N3O3S2. The van der Waals surface area contributed by atoms with Gasteiger partial charge < -0.3 is 4.90 Å². The summed E-state index contributed by atoms with van der Waals surface area (Å²) in [5.41, 5.74) is 2.87. The summed E-state index contributed by atoms with van der Waals surface area (Å²) in [4.78, 5) is 14.7. The Hall–Kier alpha value is -2.16. The molecule has 0 bridgehead atoms. The molecule has 8 heteroatoms. The number of aromatic nitrogens is 1. The molecule has 0 saturated carbocycles. The highest BCUT2D eigenvalue weighted by atomic mass is 32.2. The molecule has 1 saturated heterocycles. The third kappa shape index (κ3) is 4.56. The summed E-state index contributed by atoms with van der Waals surface area (Å²) >= 11 is 1.08. The fourth-order valence-corrected chi connectivity index (χ4v) is 6.55. The van der Waals surface area contributed by atoms with Crippen molar-refractivity contribution in [2.75, 3.05) is 18.0 Å². The van der Waals surface area contributed by atoms with Crippen molar-refractivity contribution < 1.29 is 8.42 Å². The zero-order valence-electron chi connectivity index (χ0n) is 18.2. The Kier molecular flexibility index (Phi) is 6.23. The second-order valence-electron chi connectivity index (χ2n) is 8.44. The summed E-state index contributed by atoms with van der Waals surface area (Å²) in [6.45, 7) is 7.89. The first-order valence-corrected chi connectivity index (χ1v) is 13.1. The molecule has 0 radical (unpaired) electrons. The van der Waals surface area contributed by atoms with Crippen molar-refractivity contribution in [2.24, 2.45) is 0 Å². The summed E-state index contributed by atoms with van der Waals surface area (Å²) < 4.78 is 31.1. The number of benzene rings is 2. The summed E-state index contributed by atoms with van der Waals surface area (Å²) in [6.07, 6.45) is 3.73. The third-order valence-corrected chi connectivity index (χ3v) is 8.31. The summed E-state index contributed by atoms with van der Waals surface area (Å²) in [7, 11) is -3.72. The van der Waals surface area contributed by atoms with Crippen LogP contribution in [0, 0.1) is 0 Å². The zero-order valence-corrected chi connectivity index (χ0v) is 19.8. The van der Waals surface area contributed by atoms with Gasteiger partial charge in [-0.1, -0.05) is 23.5 Å². The molecule has 6 nitrogen and oxygen atoms in total. The van der Waals surface area contributed by atoms with Gasteiger partial charge in [0.25, 0.3) is 0 Å². The van der Waals surface area contributed by atoms with Gasteiger partial charge in [-0.2, -0.15) is 0 Å². The molecule has 0 aliphatic carbocycles. The van der Waals surface area contributed by atoms with Crippen LogP contribution in [-0.2, 0) is 10.0 Å². The van der Waals surface area contributed by atoms with Gasteiger partial charge in [0.05, 0.1) is 15.1 Å². The number of fused-ring (bicyclic) bond motifs is 1. The summed E-state index contributed by atoms with van der Waals surface area (Å²) in [5, 5.41) is 0. The molecule has 2 heterocycles. The van der Waals surface area contributed by atoms with Gasteiger partial charge in [-0.25, -0.2) is 13.1 Å². The lowest BCUT2D eigenvalue weighted by Gasteiger charge is -2.29. The number of rotatable bonds is 6. The van der Waals surface area contributed by atoms with Crippen molar-refractivity contribution in [3.63, 3.8) is 0 Å². The van der Waals surface area contributed by atoms with E-state index in [1.54, 1.807) is 22.8 Å². The molecular weight excluding hydrogens is 430 g/mol. The van der Waals surface area contributed by atoms with Gasteiger partial charge in [0.2, 0.25) is 10.0 Å². The average Bonchev–Trinajstić information content (AvgIpc) is 3.09. The van der Waals surface area contributed by atoms with Crippen molar-refractivity contribution >= 4 is 37.3 Å². The Balaban J connectivity index is 1.53. The van der Waals surface area contributed by atoms with E-state index in [2.05, 4.69) is 21.8 Å². The highest BCUT2D eigenvalue weighted by Crippen LogP contribution is 2.26. The average molecular weight is 460 g/mol. The maximum atomic E-state index is 13.0. The molecule has 1 aliphatic heterocycles. The molecule has 3 aromatic rings. The molecule has 1 atom stereocenters. The van der Waals surface area contributed by atoms with E-state index in [1.807, 2.05) is 32.9 Å². The number of anilines is 1. The lowest BCUT2D eigenvalue weighted by Crippen LogP contribution is -2.29. The van der Waals surface area contributed by atoms with E-state index in [-0.39, 0.29) is 21.9 Å². The first-order valence-electron chi connectivity index (χ1n) is 10.8. The minimum atomic E-state index is -3.72. The molecule has 2 aromatic carbocycles. The Morgan fingerprint density at radius 2 is 1.65 bits per heavy atom. The number of piperidine rings is 1. The van der Waals surface area contributed by atoms with Crippen molar-refractivity contribution in [1.29, 1.82) is 0 Å². The Morgan fingerprint density at radius 1 is 0.968 bits per heavy atom. The van der Waals surface area contributed by atoms with Crippen LogP contribution in [0.25, 0.3) is 10.2 Å². The van der Waals surface area contributed by atoms with Crippen LogP contribution in [0.4, 0.5) is 5.69 Å². The van der Waals surface area contributed by atoms with E-state index < -0.39 is 10.0 Å². The van der Waals surface area contributed by atoms with Crippen LogP contribution in [0.1, 0.15) is 57.7 Å². The van der Waals surface area contributed by atoms with E-state index in [1.165, 1.54) is 24.9 Å². The first-order chi connectivity index (χ1) is 14.8. The Bertz CT molecular complexity index is 1220. The van der Waals surface area contributed by atoms with E-state index in [0.717, 1.165) is 35.5 Å². The summed E-state index contributed by atoms with van der Waals surface area (Å²) in [5.74, 6) is 0. The quantitative estimate of drug-likeness (QED) is 0.581. The predicted molar refractivity (Wildman–Crippen MR) is 128 cm³/mol. The van der Waals surface area contributed by atoms with Crippen molar-refractivity contribution in [2.45, 2.75) is 57.0 Å². The van der Waals surface area contributed by atoms with Gasteiger partial charge in [0, 0.05) is 30.9 Å². The van der Waals surface area contributed by atoms with Gasteiger partial charge in [0.15, 0.2) is 0 Å². The minimum Gasteiger partial charge on any atom is -0.372 e. The van der Waals surface area contributed by atoms with Gasteiger partial charge in [0.1, 0.15) is 0 Å². The first kappa shape index (κ1) is 22.0. The normalized spacial score (nSPS) is 16.2.